The largest absolute Gasteiger partial charge is 0.352 e. The monoisotopic (exact) mass is 392 g/mol. The van der Waals surface area contributed by atoms with Crippen LogP contribution in [0.15, 0.2) is 28.0 Å². The third-order valence-electron chi connectivity index (χ3n) is 3.47. The highest BCUT2D eigenvalue weighted by molar-refractivity contribution is 7.98. The van der Waals surface area contributed by atoms with Gasteiger partial charge in [0.2, 0.25) is 5.91 Å². The van der Waals surface area contributed by atoms with Crippen LogP contribution in [-0.2, 0) is 25.4 Å². The molecule has 0 radical (unpaired) electrons. The fraction of sp³-hybridized carbons (Fsp3) is 0.462. The smallest absolute Gasteiger partial charge is 0.286 e. The Morgan fingerprint density at radius 3 is 2.75 bits per heavy atom. The van der Waals surface area contributed by atoms with E-state index in [2.05, 4.69) is 5.32 Å². The number of carbonyl (C=O) groups excluding carboxylic acids is 1. The number of sulfone groups is 1. The molecule has 1 aromatic rings. The third-order valence-corrected chi connectivity index (χ3v) is 7.32. The SMILES string of the molecule is CSc1ccc(S(=O)CC(=O)NC2CCS(=O)(=O)C2)c([N+](=O)[O-])c1. The van der Waals surface area contributed by atoms with Crippen molar-refractivity contribution < 1.29 is 22.3 Å². The van der Waals surface area contributed by atoms with Crippen molar-refractivity contribution in [3.63, 3.8) is 0 Å². The van der Waals surface area contributed by atoms with Gasteiger partial charge in [-0.3, -0.25) is 19.1 Å². The first kappa shape index (κ1) is 18.9. The maximum atomic E-state index is 12.3. The molecule has 1 aliphatic rings. The lowest BCUT2D eigenvalue weighted by Gasteiger charge is -2.10. The summed E-state index contributed by atoms with van der Waals surface area (Å²) in [6.45, 7) is 0. The normalized spacial score (nSPS) is 20.5. The van der Waals surface area contributed by atoms with E-state index in [0.29, 0.717) is 11.3 Å². The minimum Gasteiger partial charge on any atom is -0.352 e. The zero-order valence-corrected chi connectivity index (χ0v) is 15.2. The Hall–Kier alpha value is -1.46. The Bertz CT molecular complexity index is 793. The predicted octanol–water partition coefficient (Wildman–Crippen LogP) is 0.728. The Morgan fingerprint density at radius 1 is 1.50 bits per heavy atom. The van der Waals surface area contributed by atoms with E-state index >= 15 is 0 Å². The molecule has 0 aliphatic carbocycles. The van der Waals surface area contributed by atoms with Crippen molar-refractivity contribution in [2.75, 3.05) is 23.5 Å². The van der Waals surface area contributed by atoms with Crippen LogP contribution in [0.1, 0.15) is 6.42 Å². The van der Waals surface area contributed by atoms with Crippen LogP contribution in [0.25, 0.3) is 0 Å². The highest BCUT2D eigenvalue weighted by Gasteiger charge is 2.29. The van der Waals surface area contributed by atoms with Gasteiger partial charge >= 0.3 is 0 Å². The average Bonchev–Trinajstić information content (AvgIpc) is 2.84. The Morgan fingerprint density at radius 2 is 2.21 bits per heavy atom. The molecule has 1 N–H and O–H groups in total. The first-order valence-electron chi connectivity index (χ1n) is 6.92. The first-order chi connectivity index (χ1) is 11.2. The van der Waals surface area contributed by atoms with Crippen molar-refractivity contribution >= 4 is 44.0 Å². The molecule has 1 aromatic carbocycles. The van der Waals surface area contributed by atoms with E-state index in [4.69, 9.17) is 0 Å². The molecule has 1 saturated heterocycles. The minimum absolute atomic E-state index is 0.0165. The molecule has 2 atom stereocenters. The minimum atomic E-state index is -3.13. The van der Waals surface area contributed by atoms with Gasteiger partial charge in [-0.1, -0.05) is 0 Å². The van der Waals surface area contributed by atoms with Gasteiger partial charge in [0, 0.05) is 17.0 Å². The molecule has 0 saturated carbocycles. The average molecular weight is 392 g/mol. The lowest BCUT2D eigenvalue weighted by atomic mass is 10.3. The van der Waals surface area contributed by atoms with Crippen LogP contribution in [-0.4, -0.2) is 53.0 Å². The van der Waals surface area contributed by atoms with Crippen molar-refractivity contribution in [2.45, 2.75) is 22.3 Å². The van der Waals surface area contributed by atoms with Crippen LogP contribution in [0, 0.1) is 10.1 Å². The van der Waals surface area contributed by atoms with Gasteiger partial charge in [0.25, 0.3) is 5.69 Å². The number of nitro groups is 1. The maximum Gasteiger partial charge on any atom is 0.286 e. The number of hydrogen-bond donors (Lipinski definition) is 1. The summed E-state index contributed by atoms with van der Waals surface area (Å²) in [4.78, 5) is 23.1. The van der Waals surface area contributed by atoms with Crippen molar-refractivity contribution in [2.24, 2.45) is 0 Å². The number of amides is 1. The molecule has 132 valence electrons. The van der Waals surface area contributed by atoms with E-state index in [1.165, 1.54) is 23.9 Å². The van der Waals surface area contributed by atoms with E-state index in [1.807, 2.05) is 0 Å². The van der Waals surface area contributed by atoms with E-state index in [-0.39, 0.29) is 22.1 Å². The number of nitrogens with one attached hydrogen (secondary N) is 1. The molecule has 1 amide bonds. The van der Waals surface area contributed by atoms with Crippen LogP contribution in [0.4, 0.5) is 5.69 Å². The molecular weight excluding hydrogens is 376 g/mol. The number of nitrogens with zero attached hydrogens (tertiary/aromatic N) is 1. The van der Waals surface area contributed by atoms with Crippen molar-refractivity contribution in [3.05, 3.63) is 28.3 Å². The second-order valence-electron chi connectivity index (χ2n) is 5.25. The number of hydrogen-bond acceptors (Lipinski definition) is 7. The van der Waals surface area contributed by atoms with Gasteiger partial charge in [0.1, 0.15) is 10.6 Å². The summed E-state index contributed by atoms with van der Waals surface area (Å²) in [5, 5.41) is 13.6. The number of carbonyl (C=O) groups is 1. The van der Waals surface area contributed by atoms with Gasteiger partial charge in [-0.15, -0.1) is 11.8 Å². The van der Waals surface area contributed by atoms with Gasteiger partial charge in [0.15, 0.2) is 9.84 Å². The maximum absolute atomic E-state index is 12.3. The van der Waals surface area contributed by atoms with Crippen molar-refractivity contribution in [3.8, 4) is 0 Å². The van der Waals surface area contributed by atoms with Crippen LogP contribution in [0.5, 0.6) is 0 Å². The topological polar surface area (TPSA) is 123 Å². The summed E-state index contributed by atoms with van der Waals surface area (Å²) in [5.41, 5.74) is -0.295. The van der Waals surface area contributed by atoms with Crippen LogP contribution >= 0.6 is 11.8 Å². The molecule has 0 bridgehead atoms. The molecule has 0 aromatic heterocycles. The van der Waals surface area contributed by atoms with Crippen molar-refractivity contribution in [1.29, 1.82) is 0 Å². The molecule has 11 heteroatoms. The number of benzene rings is 1. The van der Waals surface area contributed by atoms with Crippen LogP contribution in [0.2, 0.25) is 0 Å². The number of nitro benzene ring substituents is 1. The second-order valence-corrected chi connectivity index (χ2v) is 9.78. The lowest BCUT2D eigenvalue weighted by Crippen LogP contribution is -2.38. The third kappa shape index (κ3) is 4.77. The molecule has 24 heavy (non-hydrogen) atoms. The zero-order chi connectivity index (χ0) is 17.9. The van der Waals surface area contributed by atoms with Crippen molar-refractivity contribution in [1.82, 2.24) is 5.32 Å². The summed E-state index contributed by atoms with van der Waals surface area (Å²) in [7, 11) is -5.02. The summed E-state index contributed by atoms with van der Waals surface area (Å²) in [5.74, 6) is -1.15. The number of rotatable bonds is 6. The van der Waals surface area contributed by atoms with Crippen LogP contribution in [0.3, 0.4) is 0 Å². The quantitative estimate of drug-likeness (QED) is 0.430. The summed E-state index contributed by atoms with van der Waals surface area (Å²) >= 11 is 1.32. The van der Waals surface area contributed by atoms with E-state index in [0.717, 1.165) is 0 Å². The molecule has 2 unspecified atom stereocenters. The Kier molecular flexibility index (Phi) is 5.99. The Labute approximate surface area is 145 Å². The summed E-state index contributed by atoms with van der Waals surface area (Å²) in [6.07, 6.45) is 2.09. The Balaban J connectivity index is 2.07. The fourth-order valence-corrected chi connectivity index (χ4v) is 5.50. The van der Waals surface area contributed by atoms with E-state index in [9.17, 15) is 27.5 Å². The molecule has 1 aliphatic heterocycles. The molecule has 1 heterocycles. The highest BCUT2D eigenvalue weighted by atomic mass is 32.2. The zero-order valence-electron chi connectivity index (χ0n) is 12.8. The van der Waals surface area contributed by atoms with Gasteiger partial charge in [-0.25, -0.2) is 8.42 Å². The lowest BCUT2D eigenvalue weighted by molar-refractivity contribution is -0.388. The van der Waals surface area contributed by atoms with E-state index in [1.54, 1.807) is 12.3 Å². The number of thioether (sulfide) groups is 1. The van der Waals surface area contributed by atoms with E-state index < -0.39 is 43.3 Å². The molecule has 1 fully saturated rings. The second kappa shape index (κ2) is 7.62. The molecule has 8 nitrogen and oxygen atoms in total. The van der Waals surface area contributed by atoms with Gasteiger partial charge in [-0.2, -0.15) is 0 Å². The molecule has 2 rings (SSSR count). The fourth-order valence-electron chi connectivity index (χ4n) is 2.33. The summed E-state index contributed by atoms with van der Waals surface area (Å²) < 4.78 is 35.0. The van der Waals surface area contributed by atoms with Crippen LogP contribution < -0.4 is 5.32 Å². The predicted molar refractivity (Wildman–Crippen MR) is 91.4 cm³/mol. The standard InChI is InChI=1S/C13H16N2O6S3/c1-22-10-2-3-12(11(6-10)15(17)18)23(19)7-13(16)14-9-4-5-24(20,21)8-9/h2-3,6,9H,4-5,7-8H2,1H3,(H,14,16). The first-order valence-corrected chi connectivity index (χ1v) is 11.3. The van der Waals surface area contributed by atoms with Gasteiger partial charge in [-0.05, 0) is 24.8 Å². The molecular formula is C13H16N2O6S3. The van der Waals surface area contributed by atoms with Gasteiger partial charge in [0.05, 0.1) is 27.2 Å². The molecule has 0 spiro atoms. The summed E-state index contributed by atoms with van der Waals surface area (Å²) in [6, 6.07) is 3.81. The highest BCUT2D eigenvalue weighted by Crippen LogP contribution is 2.27. The van der Waals surface area contributed by atoms with Gasteiger partial charge < -0.3 is 5.32 Å².